The molecule has 2 atom stereocenters. The largest absolute Gasteiger partial charge is 0.496 e. The van der Waals surface area contributed by atoms with E-state index in [-0.39, 0.29) is 41.6 Å². The van der Waals surface area contributed by atoms with Crippen LogP contribution in [-0.2, 0) is 12.4 Å². The number of aryl methyl sites for hydroxylation is 1. The number of hydrogen-bond donors (Lipinski definition) is 2. The standard InChI is InChI=1S/C29H25Cl2F3N2O4.C9H8F3NO.C7H7NO2/c1-16(37)17-4-6-18(7-5-17)28(39)36-14-21(19-8-10-23(30)24(31)13-19)25(15-36)35(2)27(38)20-9-11-26(40-3)22(12-20)29(32,33)34;1-13-8(14)6-3-2-4-7(5-6)9(10,11)12;1-5-2-3-8-6(4-5)7(9)10/h4-13,21,25H,14-15H2,1-3H3;2-5H,1H3,(H,13,14);2-4H,1H3,(H,9,10)/t21-,25+;;/m0../s1. The number of halogens is 8. The van der Waals surface area contributed by atoms with Crippen molar-refractivity contribution in [1.29, 1.82) is 0 Å². The molecule has 0 aliphatic carbocycles. The lowest BCUT2D eigenvalue weighted by Gasteiger charge is -2.29. The van der Waals surface area contributed by atoms with E-state index < -0.39 is 59.0 Å². The van der Waals surface area contributed by atoms with Gasteiger partial charge in [0.15, 0.2) is 5.78 Å². The average Bonchev–Trinajstić information content (AvgIpc) is 3.71. The van der Waals surface area contributed by atoms with Crippen LogP contribution in [0, 0.1) is 6.92 Å². The first kappa shape index (κ1) is 50.2. The fourth-order valence-corrected chi connectivity index (χ4v) is 6.80. The van der Waals surface area contributed by atoms with Crippen molar-refractivity contribution in [3.63, 3.8) is 0 Å². The van der Waals surface area contributed by atoms with Gasteiger partial charge in [0.1, 0.15) is 11.4 Å². The van der Waals surface area contributed by atoms with Crippen LogP contribution in [0.5, 0.6) is 5.75 Å². The van der Waals surface area contributed by atoms with Crippen LogP contribution in [0.2, 0.25) is 10.0 Å². The van der Waals surface area contributed by atoms with Gasteiger partial charge in [-0.15, -0.1) is 0 Å². The number of alkyl halides is 6. The molecule has 0 spiro atoms. The number of aromatic carboxylic acids is 1. The number of ether oxygens (including phenoxy) is 1. The van der Waals surface area contributed by atoms with E-state index >= 15 is 0 Å². The lowest BCUT2D eigenvalue weighted by molar-refractivity contribution is -0.139. The predicted octanol–water partition coefficient (Wildman–Crippen LogP) is 9.76. The monoisotopic (exact) mass is 932 g/mol. The zero-order valence-electron chi connectivity index (χ0n) is 34.6. The SMILES string of the molecule is CNC(=O)c1cccc(C(F)(F)F)c1.COc1ccc(C(=O)N(C)[C@@H]2CN(C(=O)c3ccc(C(C)=O)cc3)C[C@H]2c2ccc(Cl)c(Cl)c2)cc1C(F)(F)F.Cc1ccnc(C(=O)O)c1. The number of likely N-dealkylation sites (tertiary alicyclic amines) is 1. The van der Waals surface area contributed by atoms with E-state index in [1.54, 1.807) is 53.4 Å². The van der Waals surface area contributed by atoms with Gasteiger partial charge in [0.25, 0.3) is 17.7 Å². The molecule has 1 aliphatic rings. The van der Waals surface area contributed by atoms with E-state index in [0.717, 1.165) is 36.9 Å². The molecule has 0 unspecified atom stereocenters. The smallest absolute Gasteiger partial charge is 0.419 e. The molecule has 1 saturated heterocycles. The van der Waals surface area contributed by atoms with Crippen LogP contribution in [0.4, 0.5) is 26.3 Å². The highest BCUT2D eigenvalue weighted by atomic mass is 35.5. The number of rotatable bonds is 8. The molecule has 4 aromatic carbocycles. The topological polar surface area (TPSA) is 146 Å². The molecule has 19 heteroatoms. The van der Waals surface area contributed by atoms with Crippen molar-refractivity contribution in [2.75, 3.05) is 34.3 Å². The summed E-state index contributed by atoms with van der Waals surface area (Å²) in [5.74, 6) is -3.42. The quantitative estimate of drug-likeness (QED) is 0.116. The van der Waals surface area contributed by atoms with Crippen molar-refractivity contribution in [2.45, 2.75) is 38.2 Å². The van der Waals surface area contributed by atoms with Crippen LogP contribution < -0.4 is 10.1 Å². The molecule has 6 rings (SSSR count). The molecule has 3 amide bonds. The van der Waals surface area contributed by atoms with Gasteiger partial charge in [0.2, 0.25) is 0 Å². The second-order valence-electron chi connectivity index (χ2n) is 14.2. The van der Waals surface area contributed by atoms with Crippen molar-refractivity contribution >= 4 is 52.7 Å². The Morgan fingerprint density at radius 2 is 1.44 bits per heavy atom. The summed E-state index contributed by atoms with van der Waals surface area (Å²) in [5, 5.41) is 11.3. The Balaban J connectivity index is 0.000000302. The second kappa shape index (κ2) is 21.3. The van der Waals surface area contributed by atoms with Crippen LogP contribution in [0.3, 0.4) is 0 Å². The van der Waals surface area contributed by atoms with Gasteiger partial charge in [-0.3, -0.25) is 19.2 Å². The van der Waals surface area contributed by atoms with Gasteiger partial charge in [-0.2, -0.15) is 26.3 Å². The van der Waals surface area contributed by atoms with E-state index in [1.165, 1.54) is 56.4 Å². The Kier molecular flexibility index (Phi) is 16.7. The summed E-state index contributed by atoms with van der Waals surface area (Å²) in [5.41, 5.74) is 0.492. The maximum absolute atomic E-state index is 13.6. The number of nitrogens with zero attached hydrogens (tertiary/aromatic N) is 3. The summed E-state index contributed by atoms with van der Waals surface area (Å²) < 4.78 is 82.3. The number of benzene rings is 4. The molecule has 2 N–H and O–H groups in total. The summed E-state index contributed by atoms with van der Waals surface area (Å²) in [4.78, 5) is 66.4. The highest BCUT2D eigenvalue weighted by molar-refractivity contribution is 6.42. The molecule has 1 aromatic heterocycles. The van der Waals surface area contributed by atoms with E-state index in [4.69, 9.17) is 33.0 Å². The van der Waals surface area contributed by atoms with Crippen LogP contribution in [0.25, 0.3) is 0 Å². The minimum Gasteiger partial charge on any atom is -0.496 e. The number of carbonyl (C=O) groups excluding carboxylic acids is 4. The van der Waals surface area contributed by atoms with Crippen LogP contribution in [0.15, 0.2) is 103 Å². The third kappa shape index (κ3) is 12.8. The number of ketones is 1. The summed E-state index contributed by atoms with van der Waals surface area (Å²) in [6.07, 6.45) is -7.65. The van der Waals surface area contributed by atoms with Gasteiger partial charge in [-0.25, -0.2) is 9.78 Å². The number of carbonyl (C=O) groups is 5. The lowest BCUT2D eigenvalue weighted by Crippen LogP contribution is -2.42. The minimum atomic E-state index is -4.72. The number of likely N-dealkylation sites (N-methyl/N-ethyl adjacent to an activating group) is 1. The maximum atomic E-state index is 13.6. The molecular weight excluding hydrogens is 893 g/mol. The van der Waals surface area contributed by atoms with E-state index in [2.05, 4.69) is 10.3 Å². The number of carboxylic acid groups (broad SMARTS) is 1. The van der Waals surface area contributed by atoms with E-state index in [9.17, 15) is 50.3 Å². The van der Waals surface area contributed by atoms with E-state index in [0.29, 0.717) is 26.7 Å². The Morgan fingerprint density at radius 1 is 0.797 bits per heavy atom. The van der Waals surface area contributed by atoms with Gasteiger partial charge in [0.05, 0.1) is 34.3 Å². The van der Waals surface area contributed by atoms with Crippen molar-refractivity contribution in [1.82, 2.24) is 20.1 Å². The number of hydrogen-bond acceptors (Lipinski definition) is 7. The number of Topliss-reactive ketones (excluding diaryl/α,β-unsaturated/α-hetero) is 1. The second-order valence-corrected chi connectivity index (χ2v) is 15.0. The first-order valence-electron chi connectivity index (χ1n) is 18.9. The maximum Gasteiger partial charge on any atom is 0.419 e. The molecule has 2 heterocycles. The number of amides is 3. The zero-order valence-corrected chi connectivity index (χ0v) is 36.2. The van der Waals surface area contributed by atoms with Gasteiger partial charge in [0, 0.05) is 61.6 Å². The van der Waals surface area contributed by atoms with Crippen molar-refractivity contribution in [2.24, 2.45) is 0 Å². The molecule has 1 aliphatic heterocycles. The number of carboxylic acids is 1. The van der Waals surface area contributed by atoms with Crippen molar-refractivity contribution in [3.8, 4) is 5.75 Å². The number of aromatic nitrogens is 1. The summed E-state index contributed by atoms with van der Waals surface area (Å²) in [7, 11) is 3.98. The fraction of sp³-hybridized carbons (Fsp3) is 0.244. The Bertz CT molecular complexity index is 2520. The number of nitrogens with one attached hydrogen (secondary N) is 1. The highest BCUT2D eigenvalue weighted by Crippen LogP contribution is 2.39. The molecule has 1 fully saturated rings. The Labute approximate surface area is 373 Å². The molecule has 11 nitrogen and oxygen atoms in total. The fourth-order valence-electron chi connectivity index (χ4n) is 6.50. The molecule has 0 saturated carbocycles. The van der Waals surface area contributed by atoms with Crippen LogP contribution >= 0.6 is 23.2 Å². The summed E-state index contributed by atoms with van der Waals surface area (Å²) in [6.45, 7) is 3.58. The Hall–Kier alpha value is -6.46. The molecule has 0 radical (unpaired) electrons. The first-order chi connectivity index (χ1) is 30.0. The number of pyridine rings is 1. The predicted molar refractivity (Wildman–Crippen MR) is 226 cm³/mol. The third-order valence-electron chi connectivity index (χ3n) is 9.87. The number of methoxy groups -OCH3 is 1. The van der Waals surface area contributed by atoms with Gasteiger partial charge < -0.3 is 25.0 Å². The van der Waals surface area contributed by atoms with Crippen molar-refractivity contribution in [3.05, 3.63) is 164 Å². The molecule has 64 heavy (non-hydrogen) atoms. The highest BCUT2D eigenvalue weighted by Gasteiger charge is 2.41. The van der Waals surface area contributed by atoms with Gasteiger partial charge in [-0.1, -0.05) is 47.5 Å². The summed E-state index contributed by atoms with van der Waals surface area (Å²) in [6, 6.07) is 21.4. The first-order valence-corrected chi connectivity index (χ1v) is 19.6. The normalized spacial score (nSPS) is 14.5. The molecular formula is C45H40Cl2F6N4O7. The van der Waals surface area contributed by atoms with E-state index in [1.807, 2.05) is 6.92 Å². The van der Waals surface area contributed by atoms with Gasteiger partial charge in [-0.05, 0) is 97.8 Å². The molecule has 5 aromatic rings. The van der Waals surface area contributed by atoms with Crippen molar-refractivity contribution < 1.29 is 60.2 Å². The van der Waals surface area contributed by atoms with Gasteiger partial charge >= 0.3 is 18.3 Å². The molecule has 338 valence electrons. The Morgan fingerprint density at radius 3 is 1.97 bits per heavy atom. The lowest BCUT2D eigenvalue weighted by atomic mass is 9.93. The minimum absolute atomic E-state index is 0.00215. The van der Waals surface area contributed by atoms with Crippen LogP contribution in [0.1, 0.15) is 87.0 Å². The third-order valence-corrected chi connectivity index (χ3v) is 10.6. The average molecular weight is 934 g/mol. The molecule has 0 bridgehead atoms. The van der Waals surface area contributed by atoms with Crippen LogP contribution in [-0.4, -0.2) is 89.7 Å². The zero-order chi connectivity index (χ0) is 47.7. The summed E-state index contributed by atoms with van der Waals surface area (Å²) >= 11 is 12.4.